The summed E-state index contributed by atoms with van der Waals surface area (Å²) in [6.45, 7) is -2.02. The van der Waals surface area contributed by atoms with Gasteiger partial charge in [0, 0.05) is 48.2 Å². The van der Waals surface area contributed by atoms with Crippen molar-refractivity contribution in [2.45, 2.75) is 106 Å². The fourth-order valence-corrected chi connectivity index (χ4v) is 12.5. The summed E-state index contributed by atoms with van der Waals surface area (Å²) in [5, 5.41) is 10.9. The van der Waals surface area contributed by atoms with E-state index in [-0.39, 0.29) is 58.3 Å². The van der Waals surface area contributed by atoms with Crippen LogP contribution in [-0.2, 0) is 68.9 Å². The number of nitrogens with one attached hydrogen (secondary N) is 2. The van der Waals surface area contributed by atoms with Crippen molar-refractivity contribution in [1.29, 1.82) is 0 Å². The molecule has 0 saturated carbocycles. The maximum atomic E-state index is 13.9. The van der Waals surface area contributed by atoms with Gasteiger partial charge in [0.25, 0.3) is 11.1 Å². The molecule has 4 fully saturated rings. The Morgan fingerprint density at radius 2 is 1.17 bits per heavy atom. The maximum absolute atomic E-state index is 13.9. The Labute approximate surface area is 456 Å². The van der Waals surface area contributed by atoms with Gasteiger partial charge in [-0.25, -0.2) is 43.2 Å². The van der Waals surface area contributed by atoms with Crippen LogP contribution in [-0.4, -0.2) is 158 Å². The molecule has 4 unspecified atom stereocenters. The number of ether oxygens (including phenoxy) is 4. The number of phosphoric acid groups is 3. The monoisotopic (exact) mass is 1240 g/mol. The van der Waals surface area contributed by atoms with E-state index in [1.807, 2.05) is 0 Å². The number of fused-ring (bicyclic) bond motifs is 2. The van der Waals surface area contributed by atoms with Gasteiger partial charge >= 0.3 is 43.1 Å². The van der Waals surface area contributed by atoms with E-state index >= 15 is 0 Å². The number of hydrogen-bond acceptors (Lipinski definition) is 29. The molecule has 4 aliphatic rings. The van der Waals surface area contributed by atoms with Crippen LogP contribution >= 0.6 is 31.7 Å². The average Bonchev–Trinajstić information content (AvgIpc) is 4.46. The quantitative estimate of drug-likeness (QED) is 0.0346. The lowest BCUT2D eigenvalue weighted by Crippen LogP contribution is -2.33. The average molecular weight is 1240 g/mol. The van der Waals surface area contributed by atoms with Crippen molar-refractivity contribution in [3.63, 3.8) is 0 Å². The highest BCUT2D eigenvalue weighted by Gasteiger charge is 2.49. The van der Waals surface area contributed by atoms with Crippen LogP contribution in [0.2, 0.25) is 0 Å². The number of hydrogen-bond donors (Lipinski definition) is 10. The highest BCUT2D eigenvalue weighted by Crippen LogP contribution is 2.54. The van der Waals surface area contributed by atoms with Crippen LogP contribution in [0.5, 0.6) is 0 Å². The molecule has 0 bridgehead atoms. The summed E-state index contributed by atoms with van der Waals surface area (Å²) in [5.74, 6) is -0.347. The highest BCUT2D eigenvalue weighted by molar-refractivity contribution is 7.48. The van der Waals surface area contributed by atoms with Gasteiger partial charge < -0.3 is 55.9 Å². The Morgan fingerprint density at radius 1 is 0.659 bits per heavy atom. The number of aliphatic hydroxyl groups excluding tert-OH is 1. The number of phosphoric ester groups is 3. The first kappa shape index (κ1) is 59.2. The lowest BCUT2D eigenvalue weighted by Gasteiger charge is -2.25. The molecular weight excluding hydrogens is 1190 g/mol. The molecule has 43 heteroatoms. The van der Waals surface area contributed by atoms with Crippen LogP contribution in [0, 0.1) is 6.92 Å². The van der Waals surface area contributed by atoms with E-state index in [2.05, 4.69) is 39.9 Å². The molecule has 0 aliphatic carbocycles. The summed E-state index contributed by atoms with van der Waals surface area (Å²) in [6.07, 6.45) is -11.8. The predicted octanol–water partition coefficient (Wildman–Crippen LogP) is -1.49. The zero-order valence-corrected chi connectivity index (χ0v) is 45.6. The standard InChI is InChI=1S/C39H49N15O24P4/c1-16-8-52(39(59)50-35(16)56)28-6-20(24(75-28)12-71-81(64,65)76-18-7-29(73-22(18)9-68-79(60)61)54-15-46-31-34(54)48-37(42)49-36(31)57)78-82(66,67)70-11-23-19(5-27(74-23)51-3-2-25(40)47-38(51)58)77-80(62,63)69-10-21-17(55)4-26(72-21)53-14-45-30-32(41)43-13-44-33(30)53/h2-3,8,13-15,17-24,26-29,55H,4-7,9-12H2,1H3,(H11-,40,41,42,43,44,47,48,49,50,56,57,58,59,60,61,62,63,64,65,66,67)/p+1/t17-,18-,19-,20-,21+,22+,23+,24+,26+,27+,28+,29+/m0/s1. The number of aryl methyl sites for hydroxylation is 1. The van der Waals surface area contributed by atoms with Gasteiger partial charge in [-0.05, 0) is 13.0 Å². The minimum Gasteiger partial charge on any atom is -0.390 e. The van der Waals surface area contributed by atoms with Crippen LogP contribution in [0.25, 0.3) is 22.3 Å². The first-order valence-electron chi connectivity index (χ1n) is 24.2. The van der Waals surface area contributed by atoms with Crippen molar-refractivity contribution in [1.82, 2.24) is 58.1 Å². The van der Waals surface area contributed by atoms with Gasteiger partial charge in [-0.15, -0.1) is 9.42 Å². The molecule has 10 heterocycles. The van der Waals surface area contributed by atoms with Gasteiger partial charge in [-0.2, -0.15) is 9.97 Å². The second-order valence-corrected chi connectivity index (χ2v) is 23.6. The summed E-state index contributed by atoms with van der Waals surface area (Å²) in [5.41, 5.74) is 14.3. The first-order valence-corrected chi connectivity index (χ1v) is 29.8. The SMILES string of the molecule is Cc1cn([C@H]2C[C@H](OP(=O)(O)OC[C@H]3O[C@@H](n4ccc(N)nc4=O)C[C@@H]3OP(=O)(O)OC[C@H]3O[C@@H](n4cnc5c(N)ncnc54)C[C@@H]3O)[C@@H](COP(=O)(O)O[C@H]3C[C@H](n4cnc5c(=O)[nH]c(N)nc54)O[C@@H]3CO[P+](=O)O)O2)c(=O)[nH]c1=O. The van der Waals surface area contributed by atoms with Crippen molar-refractivity contribution < 1.29 is 93.6 Å². The number of aliphatic hydroxyl groups is 1. The number of aromatic amines is 2. The maximum Gasteiger partial charge on any atom is 0.694 e. The summed E-state index contributed by atoms with van der Waals surface area (Å²) >= 11 is 0. The Bertz CT molecular complexity index is 3790. The molecule has 4 aliphatic heterocycles. The van der Waals surface area contributed by atoms with Crippen molar-refractivity contribution in [2.75, 3.05) is 43.6 Å². The van der Waals surface area contributed by atoms with E-state index < -0.39 is 167 Å². The van der Waals surface area contributed by atoms with Crippen molar-refractivity contribution >= 4 is 71.6 Å². The Morgan fingerprint density at radius 3 is 1.76 bits per heavy atom. The number of aromatic nitrogens is 12. The number of nitrogen functional groups attached to an aromatic ring is 3. The van der Waals surface area contributed by atoms with Crippen LogP contribution in [0.1, 0.15) is 56.2 Å². The lowest BCUT2D eigenvalue weighted by molar-refractivity contribution is -0.0630. The van der Waals surface area contributed by atoms with Crippen LogP contribution in [0.3, 0.4) is 0 Å². The molecule has 10 rings (SSSR count). The number of imidazole rings is 2. The van der Waals surface area contributed by atoms with E-state index in [0.717, 1.165) is 21.7 Å². The molecule has 4 saturated heterocycles. The molecule has 444 valence electrons. The van der Waals surface area contributed by atoms with E-state index in [4.69, 9.17) is 67.8 Å². The first-order chi connectivity index (χ1) is 38.8. The normalized spacial score (nSPS) is 29.1. The Balaban J connectivity index is 0.825. The summed E-state index contributed by atoms with van der Waals surface area (Å²) in [6, 6.07) is 1.24. The molecule has 6 aromatic heterocycles. The molecule has 0 amide bonds. The van der Waals surface area contributed by atoms with Crippen LogP contribution in [0.4, 0.5) is 17.6 Å². The molecule has 16 atom stereocenters. The van der Waals surface area contributed by atoms with Gasteiger partial charge in [-0.3, -0.25) is 65.0 Å². The van der Waals surface area contributed by atoms with Crippen LogP contribution < -0.4 is 39.7 Å². The molecule has 82 heavy (non-hydrogen) atoms. The number of anilines is 3. The van der Waals surface area contributed by atoms with Gasteiger partial charge in [0.1, 0.15) is 91.9 Å². The number of nitrogens with zero attached hydrogens (tertiary/aromatic N) is 10. The molecule has 0 radical (unpaired) electrons. The Kier molecular flexibility index (Phi) is 17.0. The third-order valence-corrected chi connectivity index (χ3v) is 16.6. The third-order valence-electron chi connectivity index (χ3n) is 13.2. The second kappa shape index (κ2) is 23.6. The number of rotatable bonds is 22. The lowest BCUT2D eigenvalue weighted by atomic mass is 10.2. The van der Waals surface area contributed by atoms with Gasteiger partial charge in [0.15, 0.2) is 22.6 Å². The summed E-state index contributed by atoms with van der Waals surface area (Å²) in [4.78, 5) is 122. The zero-order chi connectivity index (χ0) is 58.6. The van der Waals surface area contributed by atoms with Gasteiger partial charge in [0.2, 0.25) is 5.95 Å². The predicted molar refractivity (Wildman–Crippen MR) is 269 cm³/mol. The molecule has 39 nitrogen and oxygen atoms in total. The molecule has 13 N–H and O–H groups in total. The fourth-order valence-electron chi connectivity index (χ4n) is 9.36. The topological polar surface area (TPSA) is 546 Å². The molecular formula is C39H50N15O24P4+. The fraction of sp³-hybridized carbons (Fsp3) is 0.538. The third kappa shape index (κ3) is 13.2. The molecule has 0 spiro atoms. The molecule has 6 aromatic rings. The van der Waals surface area contributed by atoms with E-state index in [1.54, 1.807) is 0 Å². The van der Waals surface area contributed by atoms with E-state index in [0.29, 0.717) is 0 Å². The second-order valence-electron chi connectivity index (χ2n) is 18.7. The van der Waals surface area contributed by atoms with Crippen LogP contribution in [0.15, 0.2) is 56.6 Å². The van der Waals surface area contributed by atoms with Crippen molar-refractivity contribution in [3.8, 4) is 0 Å². The zero-order valence-electron chi connectivity index (χ0n) is 42.0. The Hall–Kier alpha value is -5.99. The van der Waals surface area contributed by atoms with E-state index in [1.165, 1.54) is 41.0 Å². The number of nitrogens with two attached hydrogens (primary N) is 3. The van der Waals surface area contributed by atoms with Gasteiger partial charge in [0.05, 0.1) is 38.6 Å². The van der Waals surface area contributed by atoms with Gasteiger partial charge in [-0.1, -0.05) is 0 Å². The number of H-pyrrole nitrogens is 2. The van der Waals surface area contributed by atoms with Crippen molar-refractivity contribution in [3.05, 3.63) is 84.7 Å². The highest BCUT2D eigenvalue weighted by atomic mass is 31.2. The minimum atomic E-state index is -5.43. The summed E-state index contributed by atoms with van der Waals surface area (Å²) < 4.78 is 118. The summed E-state index contributed by atoms with van der Waals surface area (Å²) in [7, 11) is -19.2. The molecule has 0 aromatic carbocycles. The van der Waals surface area contributed by atoms with Crippen molar-refractivity contribution in [2.24, 2.45) is 0 Å². The van der Waals surface area contributed by atoms with E-state index in [9.17, 15) is 62.1 Å². The largest absolute Gasteiger partial charge is 0.694 e. The minimum absolute atomic E-state index is 0.0297. The smallest absolute Gasteiger partial charge is 0.390 e.